The lowest BCUT2D eigenvalue weighted by Gasteiger charge is -2.35. The van der Waals surface area contributed by atoms with Crippen molar-refractivity contribution in [3.8, 4) is 11.5 Å². The van der Waals surface area contributed by atoms with Gasteiger partial charge >= 0.3 is 0 Å². The van der Waals surface area contributed by atoms with Crippen molar-refractivity contribution in [1.29, 1.82) is 0 Å². The molecule has 3 N–H and O–H groups in total. The summed E-state index contributed by atoms with van der Waals surface area (Å²) in [5.41, 5.74) is 1.72. The Labute approximate surface area is 143 Å². The van der Waals surface area contributed by atoms with Crippen molar-refractivity contribution < 1.29 is 19.5 Å². The molecular weight excluding hydrogens is 314 g/mol. The van der Waals surface area contributed by atoms with E-state index in [2.05, 4.69) is 19.4 Å². The largest absolute Gasteiger partial charge is 0.496 e. The molecule has 128 valence electrons. The highest BCUT2D eigenvalue weighted by Gasteiger charge is 2.30. The number of ether oxygens (including phenoxy) is 2. The summed E-state index contributed by atoms with van der Waals surface area (Å²) in [6.45, 7) is 2.81. The van der Waals surface area contributed by atoms with Gasteiger partial charge in [-0.15, -0.1) is 0 Å². The molecule has 1 atom stereocenters. The molecule has 0 saturated carbocycles. The lowest BCUT2D eigenvalue weighted by molar-refractivity contribution is -0.856. The Balaban J connectivity index is 2.17. The van der Waals surface area contributed by atoms with Crippen molar-refractivity contribution in [2.24, 2.45) is 0 Å². The van der Waals surface area contributed by atoms with E-state index in [0.717, 1.165) is 30.0 Å². The summed E-state index contributed by atoms with van der Waals surface area (Å²) >= 11 is 5.47. The van der Waals surface area contributed by atoms with Gasteiger partial charge in [0.25, 0.3) is 0 Å². The van der Waals surface area contributed by atoms with Crippen LogP contribution in [0.1, 0.15) is 17.2 Å². The average Bonchev–Trinajstić information content (AvgIpc) is 2.53. The number of aliphatic hydroxyl groups is 1. The molecule has 0 fully saturated rings. The minimum Gasteiger partial charge on any atom is -0.496 e. The first-order valence-electron chi connectivity index (χ1n) is 7.71. The van der Waals surface area contributed by atoms with Gasteiger partial charge in [0, 0.05) is 17.7 Å². The number of thiocarbonyl (C=S) groups is 1. The van der Waals surface area contributed by atoms with E-state index >= 15 is 0 Å². The summed E-state index contributed by atoms with van der Waals surface area (Å²) in [5, 5.41) is 14.5. The van der Waals surface area contributed by atoms with Gasteiger partial charge in [-0.2, -0.15) is 0 Å². The molecular formula is C16H26N3O3S+. The number of benzene rings is 1. The summed E-state index contributed by atoms with van der Waals surface area (Å²) in [6, 6.07) is 3.69. The summed E-state index contributed by atoms with van der Waals surface area (Å²) in [6.07, 6.45) is -0.664. The third-order valence-corrected chi connectivity index (χ3v) is 4.38. The molecule has 1 aromatic rings. The average molecular weight is 340 g/mol. The highest BCUT2D eigenvalue weighted by atomic mass is 32.1. The van der Waals surface area contributed by atoms with Crippen LogP contribution in [0.25, 0.3) is 0 Å². The van der Waals surface area contributed by atoms with Gasteiger partial charge in [-0.05, 0) is 24.4 Å². The van der Waals surface area contributed by atoms with Crippen molar-refractivity contribution in [3.63, 3.8) is 0 Å². The van der Waals surface area contributed by atoms with E-state index in [9.17, 15) is 5.11 Å². The minimum absolute atomic E-state index is 0.442. The Hall–Kier alpha value is -1.57. The maximum Gasteiger partial charge on any atom is 0.169 e. The number of methoxy groups -OCH3 is 2. The second-order valence-corrected chi connectivity index (χ2v) is 6.33. The normalized spacial score (nSPS) is 17.0. The number of hydrogen-bond acceptors (Lipinski definition) is 4. The van der Waals surface area contributed by atoms with E-state index in [0.29, 0.717) is 24.0 Å². The number of hydrogen-bond donors (Lipinski definition) is 3. The molecule has 1 aliphatic heterocycles. The standard InChI is InChI=1S/C16H25N3O3S/c1-18(2)8-7-17-16(23)19-9-11-13(21-3)5-6-14(22-4)15(11)12(20)10-19/h5-6,12,20H,7-10H2,1-4H3,(H,17,23)/p+1/t12-/m1/s1. The van der Waals surface area contributed by atoms with E-state index in [4.69, 9.17) is 21.7 Å². The quantitative estimate of drug-likeness (QED) is 0.633. The van der Waals surface area contributed by atoms with Crippen molar-refractivity contribution >= 4 is 17.3 Å². The number of β-amino-alcohol motifs (C(OH)–C–C–N with tert-alkyl or cyclic N) is 1. The Bertz CT molecular complexity index is 566. The van der Waals surface area contributed by atoms with E-state index in [-0.39, 0.29) is 0 Å². The first-order valence-corrected chi connectivity index (χ1v) is 8.12. The van der Waals surface area contributed by atoms with Gasteiger partial charge in [-0.1, -0.05) is 0 Å². The van der Waals surface area contributed by atoms with Gasteiger partial charge in [0.2, 0.25) is 0 Å². The number of aliphatic hydroxyl groups excluding tert-OH is 1. The minimum atomic E-state index is -0.664. The molecule has 1 aliphatic rings. The van der Waals surface area contributed by atoms with Crippen LogP contribution in [-0.2, 0) is 6.54 Å². The third kappa shape index (κ3) is 4.04. The predicted octanol–water partition coefficient (Wildman–Crippen LogP) is -0.428. The predicted molar refractivity (Wildman–Crippen MR) is 93.2 cm³/mol. The summed E-state index contributed by atoms with van der Waals surface area (Å²) < 4.78 is 10.8. The molecule has 7 heteroatoms. The molecule has 0 aliphatic carbocycles. The second kappa shape index (κ2) is 7.81. The fourth-order valence-electron chi connectivity index (χ4n) is 2.76. The van der Waals surface area contributed by atoms with Crippen LogP contribution in [0.15, 0.2) is 12.1 Å². The fraction of sp³-hybridized carbons (Fsp3) is 0.562. The zero-order valence-electron chi connectivity index (χ0n) is 14.2. The van der Waals surface area contributed by atoms with Crippen molar-refractivity contribution in [2.45, 2.75) is 12.6 Å². The highest BCUT2D eigenvalue weighted by Crippen LogP contribution is 2.39. The van der Waals surface area contributed by atoms with Crippen molar-refractivity contribution in [2.75, 3.05) is 47.9 Å². The molecule has 0 amide bonds. The number of fused-ring (bicyclic) bond motifs is 1. The lowest BCUT2D eigenvalue weighted by Crippen LogP contribution is -3.06. The molecule has 0 unspecified atom stereocenters. The van der Waals surface area contributed by atoms with E-state index < -0.39 is 6.10 Å². The van der Waals surface area contributed by atoms with Crippen molar-refractivity contribution in [3.05, 3.63) is 23.3 Å². The fourth-order valence-corrected chi connectivity index (χ4v) is 3.00. The Kier molecular flexibility index (Phi) is 6.04. The first-order chi connectivity index (χ1) is 11.0. The van der Waals surface area contributed by atoms with Gasteiger partial charge in [-0.3, -0.25) is 0 Å². The van der Waals surface area contributed by atoms with Crippen LogP contribution < -0.4 is 19.7 Å². The van der Waals surface area contributed by atoms with Crippen LogP contribution in [0.5, 0.6) is 11.5 Å². The smallest absolute Gasteiger partial charge is 0.169 e. The Morgan fingerprint density at radius 1 is 1.35 bits per heavy atom. The second-order valence-electron chi connectivity index (χ2n) is 5.95. The molecule has 2 rings (SSSR count). The molecule has 0 spiro atoms. The molecule has 1 heterocycles. The molecule has 0 aromatic heterocycles. The van der Waals surface area contributed by atoms with Crippen LogP contribution in [-0.4, -0.2) is 63.1 Å². The molecule has 0 saturated heterocycles. The number of rotatable bonds is 5. The third-order valence-electron chi connectivity index (χ3n) is 3.98. The number of likely N-dealkylation sites (N-methyl/N-ethyl adjacent to an activating group) is 1. The number of nitrogens with one attached hydrogen (secondary N) is 2. The molecule has 6 nitrogen and oxygen atoms in total. The lowest BCUT2D eigenvalue weighted by atomic mass is 9.95. The van der Waals surface area contributed by atoms with Gasteiger partial charge in [-0.25, -0.2) is 0 Å². The highest BCUT2D eigenvalue weighted by molar-refractivity contribution is 7.80. The van der Waals surface area contributed by atoms with Crippen LogP contribution in [0.4, 0.5) is 0 Å². The monoisotopic (exact) mass is 340 g/mol. The molecule has 23 heavy (non-hydrogen) atoms. The van der Waals surface area contributed by atoms with Crippen LogP contribution in [0.3, 0.4) is 0 Å². The first kappa shape index (κ1) is 17.8. The molecule has 0 bridgehead atoms. The maximum absolute atomic E-state index is 10.6. The Morgan fingerprint density at radius 2 is 2.00 bits per heavy atom. The number of quaternary nitrogens is 1. The van der Waals surface area contributed by atoms with E-state index in [1.165, 1.54) is 4.90 Å². The van der Waals surface area contributed by atoms with Gasteiger partial charge in [0.05, 0.1) is 47.9 Å². The summed E-state index contributed by atoms with van der Waals surface area (Å²) in [7, 11) is 7.44. The van der Waals surface area contributed by atoms with Crippen LogP contribution >= 0.6 is 12.2 Å². The van der Waals surface area contributed by atoms with Gasteiger partial charge in [0.15, 0.2) is 5.11 Å². The van der Waals surface area contributed by atoms with Crippen LogP contribution in [0, 0.1) is 0 Å². The Morgan fingerprint density at radius 3 is 2.61 bits per heavy atom. The zero-order chi connectivity index (χ0) is 17.0. The SMILES string of the molecule is COc1ccc(OC)c2c1CN(C(=S)NCC[NH+](C)C)C[C@H]2O. The van der Waals surface area contributed by atoms with E-state index in [1.54, 1.807) is 14.2 Å². The number of nitrogens with zero attached hydrogens (tertiary/aromatic N) is 1. The van der Waals surface area contributed by atoms with Crippen molar-refractivity contribution in [1.82, 2.24) is 10.2 Å². The molecule has 1 aromatic carbocycles. The van der Waals surface area contributed by atoms with Gasteiger partial charge in [0.1, 0.15) is 17.6 Å². The summed E-state index contributed by atoms with van der Waals surface area (Å²) in [4.78, 5) is 3.32. The maximum atomic E-state index is 10.6. The summed E-state index contributed by atoms with van der Waals surface area (Å²) in [5.74, 6) is 1.42. The molecule has 0 radical (unpaired) electrons. The van der Waals surface area contributed by atoms with Crippen LogP contribution in [0.2, 0.25) is 0 Å². The van der Waals surface area contributed by atoms with E-state index in [1.807, 2.05) is 17.0 Å². The zero-order valence-corrected chi connectivity index (χ0v) is 15.0. The topological polar surface area (TPSA) is 58.4 Å². The van der Waals surface area contributed by atoms with Gasteiger partial charge < -0.3 is 29.7 Å².